The maximum absolute atomic E-state index is 10.7. The molecule has 0 bridgehead atoms. The second kappa shape index (κ2) is 3.56. The minimum absolute atomic E-state index is 0.228. The van der Waals surface area contributed by atoms with Crippen molar-refractivity contribution in [2.45, 2.75) is 18.9 Å². The van der Waals surface area contributed by atoms with Crippen molar-refractivity contribution in [1.29, 1.82) is 0 Å². The van der Waals surface area contributed by atoms with E-state index in [9.17, 15) is 4.79 Å². The molecule has 1 aliphatic heterocycles. The first-order chi connectivity index (χ1) is 4.84. The second-order valence-electron chi connectivity index (χ2n) is 2.20. The van der Waals surface area contributed by atoms with E-state index in [-0.39, 0.29) is 12.1 Å². The lowest BCUT2D eigenvalue weighted by Gasteiger charge is -1.98. The van der Waals surface area contributed by atoms with Gasteiger partial charge in [-0.15, -0.1) is 0 Å². The first kappa shape index (κ1) is 7.54. The van der Waals surface area contributed by atoms with Gasteiger partial charge in [0, 0.05) is 0 Å². The van der Waals surface area contributed by atoms with Gasteiger partial charge in [-0.05, 0) is 6.42 Å². The lowest BCUT2D eigenvalue weighted by atomic mass is 10.4. The fourth-order valence-corrected chi connectivity index (χ4v) is 0.552. The van der Waals surface area contributed by atoms with E-state index in [0.717, 1.165) is 12.8 Å². The molecule has 0 N–H and O–H groups in total. The molecule has 57 valence electrons. The van der Waals surface area contributed by atoms with E-state index in [0.29, 0.717) is 13.2 Å². The number of hydrogen-bond donors (Lipinski definition) is 0. The molecule has 1 heterocycles. The van der Waals surface area contributed by atoms with Gasteiger partial charge in [0.05, 0.1) is 13.2 Å². The van der Waals surface area contributed by atoms with E-state index in [2.05, 4.69) is 6.92 Å². The van der Waals surface area contributed by atoms with E-state index in [1.54, 1.807) is 0 Å². The quantitative estimate of drug-likeness (QED) is 0.327. The fraction of sp³-hybridized carbons (Fsp3) is 0.714. The van der Waals surface area contributed by atoms with Crippen molar-refractivity contribution < 1.29 is 14.3 Å². The topological polar surface area (TPSA) is 38.8 Å². The molecular formula is C7H11O3. The highest BCUT2D eigenvalue weighted by Crippen LogP contribution is 2.10. The van der Waals surface area contributed by atoms with Gasteiger partial charge in [0.25, 0.3) is 0 Å². The Morgan fingerprint density at radius 3 is 3.00 bits per heavy atom. The Kier molecular flexibility index (Phi) is 2.68. The highest BCUT2D eigenvalue weighted by atomic mass is 16.6. The van der Waals surface area contributed by atoms with Crippen molar-refractivity contribution in [2.24, 2.45) is 0 Å². The molecule has 1 fully saturated rings. The summed E-state index contributed by atoms with van der Waals surface area (Å²) in [5.74, 6) is -0.228. The number of epoxide rings is 1. The van der Waals surface area contributed by atoms with Crippen LogP contribution >= 0.6 is 0 Å². The Morgan fingerprint density at radius 1 is 1.80 bits per heavy atom. The summed E-state index contributed by atoms with van der Waals surface area (Å²) in [5, 5.41) is 0. The number of hydrogen-bond acceptors (Lipinski definition) is 3. The Balaban J connectivity index is 1.95. The third-order valence-electron chi connectivity index (χ3n) is 1.23. The predicted octanol–water partition coefficient (Wildman–Crippen LogP) is 0.543. The molecule has 1 rings (SSSR count). The third kappa shape index (κ3) is 2.35. The van der Waals surface area contributed by atoms with Crippen LogP contribution in [-0.4, -0.2) is 25.3 Å². The molecule has 1 aliphatic rings. The highest BCUT2D eigenvalue weighted by molar-refractivity contribution is 5.76. The zero-order valence-electron chi connectivity index (χ0n) is 5.84. The zero-order valence-corrected chi connectivity index (χ0v) is 5.84. The molecule has 0 saturated carbocycles. The van der Waals surface area contributed by atoms with Crippen LogP contribution in [0.4, 0.5) is 0 Å². The highest BCUT2D eigenvalue weighted by Gasteiger charge is 2.32. The Bertz CT molecular complexity index is 118. The van der Waals surface area contributed by atoms with Gasteiger partial charge in [0.1, 0.15) is 0 Å². The van der Waals surface area contributed by atoms with Crippen LogP contribution in [-0.2, 0) is 14.3 Å². The minimum atomic E-state index is -0.259. The first-order valence-corrected chi connectivity index (χ1v) is 3.42. The summed E-state index contributed by atoms with van der Waals surface area (Å²) in [4.78, 5) is 10.7. The van der Waals surface area contributed by atoms with Crippen molar-refractivity contribution >= 4 is 5.97 Å². The maximum Gasteiger partial charge on any atom is 0.337 e. The standard InChI is InChI=1S/C7H11O3/c1-2-3-4-9-7(8)6-5-10-6/h6H,1-5H2. The summed E-state index contributed by atoms with van der Waals surface area (Å²) >= 11 is 0. The number of carbonyl (C=O) groups excluding carboxylic acids is 1. The zero-order chi connectivity index (χ0) is 7.40. The van der Waals surface area contributed by atoms with Gasteiger partial charge in [0.15, 0.2) is 6.10 Å². The van der Waals surface area contributed by atoms with E-state index in [4.69, 9.17) is 9.47 Å². The SMILES string of the molecule is [CH2]CCCOC(=O)C1CO1. The van der Waals surface area contributed by atoms with Gasteiger partial charge in [-0.3, -0.25) is 0 Å². The van der Waals surface area contributed by atoms with Crippen LogP contribution in [0.2, 0.25) is 0 Å². The summed E-state index contributed by atoms with van der Waals surface area (Å²) in [5.41, 5.74) is 0. The van der Waals surface area contributed by atoms with E-state index >= 15 is 0 Å². The van der Waals surface area contributed by atoms with Crippen molar-refractivity contribution in [3.63, 3.8) is 0 Å². The van der Waals surface area contributed by atoms with Gasteiger partial charge < -0.3 is 9.47 Å². The van der Waals surface area contributed by atoms with E-state index in [1.807, 2.05) is 0 Å². The molecule has 1 atom stereocenters. The molecule has 0 aliphatic carbocycles. The molecule has 10 heavy (non-hydrogen) atoms. The summed E-state index contributed by atoms with van der Waals surface area (Å²) < 4.78 is 9.51. The number of ether oxygens (including phenoxy) is 2. The van der Waals surface area contributed by atoms with E-state index < -0.39 is 0 Å². The van der Waals surface area contributed by atoms with Crippen LogP contribution in [0, 0.1) is 6.92 Å². The number of carbonyl (C=O) groups is 1. The summed E-state index contributed by atoms with van der Waals surface area (Å²) in [6, 6.07) is 0. The van der Waals surface area contributed by atoms with Gasteiger partial charge in [0.2, 0.25) is 0 Å². The summed E-state index contributed by atoms with van der Waals surface area (Å²) in [7, 11) is 0. The Hall–Kier alpha value is -0.570. The van der Waals surface area contributed by atoms with Gasteiger partial charge >= 0.3 is 5.97 Å². The van der Waals surface area contributed by atoms with Crippen LogP contribution in [0.5, 0.6) is 0 Å². The lowest BCUT2D eigenvalue weighted by Crippen LogP contribution is -2.11. The van der Waals surface area contributed by atoms with Crippen LogP contribution in [0.15, 0.2) is 0 Å². The minimum Gasteiger partial charge on any atom is -0.464 e. The molecule has 1 radical (unpaired) electrons. The van der Waals surface area contributed by atoms with Crippen molar-refractivity contribution in [2.75, 3.05) is 13.2 Å². The van der Waals surface area contributed by atoms with E-state index in [1.165, 1.54) is 0 Å². The number of esters is 1. The molecule has 1 saturated heterocycles. The average Bonchev–Trinajstić information content (AvgIpc) is 2.69. The van der Waals surface area contributed by atoms with Crippen molar-refractivity contribution in [3.8, 4) is 0 Å². The third-order valence-corrected chi connectivity index (χ3v) is 1.23. The summed E-state index contributed by atoms with van der Waals surface area (Å²) in [6.45, 7) is 4.63. The normalized spacial score (nSPS) is 22.3. The largest absolute Gasteiger partial charge is 0.464 e. The summed E-state index contributed by atoms with van der Waals surface area (Å²) in [6.07, 6.45) is 1.38. The van der Waals surface area contributed by atoms with Gasteiger partial charge in [-0.25, -0.2) is 4.79 Å². The molecule has 0 aromatic carbocycles. The molecule has 0 amide bonds. The van der Waals surface area contributed by atoms with Crippen LogP contribution in [0.1, 0.15) is 12.8 Å². The predicted molar refractivity (Wildman–Crippen MR) is 35.3 cm³/mol. The van der Waals surface area contributed by atoms with Crippen LogP contribution < -0.4 is 0 Å². The number of rotatable bonds is 4. The van der Waals surface area contributed by atoms with Crippen LogP contribution in [0.25, 0.3) is 0 Å². The second-order valence-corrected chi connectivity index (χ2v) is 2.20. The molecule has 3 heteroatoms. The van der Waals surface area contributed by atoms with Gasteiger partial charge in [-0.1, -0.05) is 13.3 Å². The van der Waals surface area contributed by atoms with Crippen molar-refractivity contribution in [3.05, 3.63) is 6.92 Å². The molecule has 3 nitrogen and oxygen atoms in total. The average molecular weight is 143 g/mol. The van der Waals surface area contributed by atoms with Crippen molar-refractivity contribution in [1.82, 2.24) is 0 Å². The lowest BCUT2D eigenvalue weighted by molar-refractivity contribution is -0.145. The molecule has 0 aromatic heterocycles. The molecule has 0 aromatic rings. The molecule has 0 spiro atoms. The Labute approximate surface area is 60.3 Å². The monoisotopic (exact) mass is 143 g/mol. The van der Waals surface area contributed by atoms with Crippen LogP contribution in [0.3, 0.4) is 0 Å². The number of unbranched alkanes of at least 4 members (excludes halogenated alkanes) is 1. The molecular weight excluding hydrogens is 132 g/mol. The Morgan fingerprint density at radius 2 is 2.50 bits per heavy atom. The molecule has 1 unspecified atom stereocenters. The smallest absolute Gasteiger partial charge is 0.337 e. The van der Waals surface area contributed by atoms with Gasteiger partial charge in [-0.2, -0.15) is 0 Å². The first-order valence-electron chi connectivity index (χ1n) is 3.42. The fourth-order valence-electron chi connectivity index (χ4n) is 0.552. The maximum atomic E-state index is 10.7.